The number of para-hydroxylation sites is 5. The van der Waals surface area contributed by atoms with Crippen molar-refractivity contribution in [1.82, 2.24) is 0 Å². The molecule has 20 rings (SSSR count). The van der Waals surface area contributed by atoms with Crippen LogP contribution in [-0.4, -0.2) is 79.7 Å². The number of hydrogen-bond donors (Lipinski definition) is 16. The molecule has 19 nitrogen and oxygen atoms in total. The molecule has 4 amide bonds. The molecule has 0 saturated carbocycles. The van der Waals surface area contributed by atoms with E-state index in [1.165, 1.54) is 84.9 Å². The normalized spacial score (nSPS) is 16.4. The topological polar surface area (TPSA) is 331 Å². The van der Waals surface area contributed by atoms with Gasteiger partial charge in [0.25, 0.3) is 0 Å². The second-order valence-corrected chi connectivity index (χ2v) is 32.8. The molecule has 0 aromatic heterocycles. The lowest BCUT2D eigenvalue weighted by atomic mass is 9.69. The highest BCUT2D eigenvalue weighted by Gasteiger charge is 2.56. The van der Waals surface area contributed by atoms with E-state index in [9.17, 15) is 83.4 Å². The Labute approximate surface area is 749 Å². The van der Waals surface area contributed by atoms with Crippen molar-refractivity contribution in [2.75, 3.05) is 26.6 Å². The van der Waals surface area contributed by atoms with Crippen molar-refractivity contribution < 1.29 is 83.4 Å². The SMILES string of the molecule is Cc1cccc2c1NC(=O)C2(c1ccc(O)cc1)c1ccc(O)cc1.Cc1cccc2c1NC(=O)[C@]2(c1ccc(O)cc1)c1ccc(O)cc1O.Cc1cccc2c1NC(=O)[C@]2(c1ccc(O)cc1)c1ccc(S)cc1.Cc1cccc2c1NC(=S)C2(c1ccc(O)cc1)c1ccc(O)cc1.O=C1Nc2c(C(F)(F)F)cccc2C1(c1ccc(O)cc1)c1ccc(O)cc1. The number of aryl methyl sites for hydroxylation is 4. The lowest BCUT2D eigenvalue weighted by Gasteiger charge is -2.31. The molecule has 0 bridgehead atoms. The summed E-state index contributed by atoms with van der Waals surface area (Å²) in [4.78, 5) is 54.5. The first-order chi connectivity index (χ1) is 61.8. The standard InChI is InChI=1S/C21H14F3NO3.C21H17NO4.C21H17NO3.2C21H17NO2S/c22-21(23,24)17-3-1-2-16-18(17)25-19(28)20(16,12-4-8-14(26)9-5-12)13-6-10-15(27)11-7-13;1-12-3-2-4-17-19(12)22-20(26)21(17,13-5-7-14(23)8-6-13)16-10-9-15(24)11-18(16)25;1-13-3-2-4-18-19(13)22-20(25)21(18,14-5-9-16(23)10-6-14)15-7-11-17(24)12-8-15;1-13-3-2-4-18-19(13)22-20(24)21(18,14-5-9-16(23)10-6-14)15-7-11-17(25)12-8-15;1-13-3-2-4-18-19(13)22-20(25)21(18,14-5-9-16(23)10-6-14)15-7-11-17(24)12-8-15/h1-11,26-27H,(H,25,28);2-11,23-25H,1H3,(H,22,26);2-12,23-24H,1H3,(H,22,25);2-12,23,25H,1H3,(H,22,24);2-12,23-24H,1H3,(H,22,25)/t;21-;;21-;/m.1.1./s1. The number of benzene rings is 15. The van der Waals surface area contributed by atoms with Crippen molar-refractivity contribution in [1.29, 1.82) is 0 Å². The first-order valence-corrected chi connectivity index (χ1v) is 41.5. The first kappa shape index (κ1) is 86.7. The fraction of sp³-hybridized carbons (Fsp3) is 0.0952. The molecule has 0 fully saturated rings. The largest absolute Gasteiger partial charge is 0.508 e. The summed E-state index contributed by atoms with van der Waals surface area (Å²) in [6.07, 6.45) is -4.64. The maximum atomic E-state index is 13.5. The van der Waals surface area contributed by atoms with Gasteiger partial charge in [0.05, 0.1) is 21.7 Å². The summed E-state index contributed by atoms with van der Waals surface area (Å²) in [5, 5.41) is 112. The Balaban J connectivity index is 0.000000118. The molecule has 5 heterocycles. The summed E-state index contributed by atoms with van der Waals surface area (Å²) in [5.74, 6) is -0.533. The van der Waals surface area contributed by atoms with Crippen molar-refractivity contribution in [2.45, 2.75) is 65.8 Å². The average Bonchev–Trinajstić information content (AvgIpc) is 1.53. The van der Waals surface area contributed by atoms with E-state index in [1.54, 1.807) is 115 Å². The van der Waals surface area contributed by atoms with Crippen LogP contribution in [0.25, 0.3) is 0 Å². The molecular weight excluding hydrogens is 1680 g/mol. The van der Waals surface area contributed by atoms with Crippen molar-refractivity contribution >= 4 is 81.9 Å². The number of thiocarbonyl (C=S) groups is 1. The Morgan fingerprint density at radius 1 is 0.256 bits per heavy atom. The minimum atomic E-state index is -4.64. The minimum absolute atomic E-state index is 0.0349. The number of fused-ring (bicyclic) bond motifs is 5. The van der Waals surface area contributed by atoms with Crippen LogP contribution in [0.4, 0.5) is 41.6 Å². The highest BCUT2D eigenvalue weighted by molar-refractivity contribution is 7.81. The molecular formula is C105H82F3N5O14S2. The third-order valence-electron chi connectivity index (χ3n) is 24.5. The summed E-state index contributed by atoms with van der Waals surface area (Å²) >= 11 is 10.2. The van der Waals surface area contributed by atoms with E-state index in [4.69, 9.17) is 12.2 Å². The molecule has 5 aliphatic rings. The van der Waals surface area contributed by atoms with Gasteiger partial charge in [-0.3, -0.25) is 19.2 Å². The van der Waals surface area contributed by atoms with Crippen molar-refractivity contribution in [2.24, 2.45) is 0 Å². The smallest absolute Gasteiger partial charge is 0.418 e. The maximum absolute atomic E-state index is 13.5. The minimum Gasteiger partial charge on any atom is -0.508 e. The van der Waals surface area contributed by atoms with Crippen LogP contribution in [0.15, 0.2) is 332 Å². The molecule has 129 heavy (non-hydrogen) atoms. The van der Waals surface area contributed by atoms with Crippen LogP contribution < -0.4 is 26.6 Å². The van der Waals surface area contributed by atoms with Crippen LogP contribution in [0.2, 0.25) is 0 Å². The van der Waals surface area contributed by atoms with Gasteiger partial charge in [-0.15, -0.1) is 12.6 Å². The monoisotopic (exact) mass is 1760 g/mol. The number of phenolic OH excluding ortho intramolecular Hbond substituents is 10. The third-order valence-corrected chi connectivity index (χ3v) is 25.2. The zero-order chi connectivity index (χ0) is 91.4. The molecule has 0 aliphatic carbocycles. The summed E-state index contributed by atoms with van der Waals surface area (Å²) in [6.45, 7) is 7.91. The molecule has 24 heteroatoms. The third kappa shape index (κ3) is 14.8. The molecule has 15 aromatic carbocycles. The average molecular weight is 1760 g/mol. The Kier molecular flexibility index (Phi) is 22.8. The van der Waals surface area contributed by atoms with Crippen LogP contribution in [0, 0.1) is 27.7 Å². The summed E-state index contributed by atoms with van der Waals surface area (Å²) in [5.41, 5.74) is 11.4. The van der Waals surface area contributed by atoms with E-state index in [-0.39, 0.29) is 86.5 Å². The van der Waals surface area contributed by atoms with Gasteiger partial charge in [-0.25, -0.2) is 0 Å². The van der Waals surface area contributed by atoms with E-state index in [0.717, 1.165) is 100 Å². The van der Waals surface area contributed by atoms with E-state index >= 15 is 0 Å². The van der Waals surface area contributed by atoms with Gasteiger partial charge >= 0.3 is 6.18 Å². The molecule has 15 N–H and O–H groups in total. The van der Waals surface area contributed by atoms with Gasteiger partial charge in [0.15, 0.2) is 0 Å². The highest BCUT2D eigenvalue weighted by Crippen LogP contribution is 2.57. The van der Waals surface area contributed by atoms with Crippen molar-refractivity contribution in [3.8, 4) is 57.5 Å². The fourth-order valence-corrected chi connectivity index (χ4v) is 19.0. The number of carbonyl (C=O) groups excluding carboxylic acids is 4. The van der Waals surface area contributed by atoms with Gasteiger partial charge < -0.3 is 77.6 Å². The number of halogens is 3. The molecule has 0 spiro atoms. The van der Waals surface area contributed by atoms with Crippen LogP contribution in [0.1, 0.15) is 111 Å². The number of thiol groups is 1. The second-order valence-electron chi connectivity index (χ2n) is 31.9. The van der Waals surface area contributed by atoms with Gasteiger partial charge in [0.2, 0.25) is 23.6 Å². The van der Waals surface area contributed by atoms with E-state index in [0.29, 0.717) is 38.5 Å². The number of carbonyl (C=O) groups is 4. The van der Waals surface area contributed by atoms with E-state index < -0.39 is 44.7 Å². The number of nitrogens with one attached hydrogen (secondary N) is 5. The molecule has 5 aliphatic heterocycles. The number of aromatic hydroxyl groups is 10. The predicted octanol–water partition coefficient (Wildman–Crippen LogP) is 20.3. The number of amides is 4. The number of hydrogen-bond acceptors (Lipinski definition) is 16. The van der Waals surface area contributed by atoms with Crippen LogP contribution in [0.3, 0.4) is 0 Å². The van der Waals surface area contributed by atoms with Gasteiger partial charge in [-0.1, -0.05) is 206 Å². The molecule has 0 saturated heterocycles. The maximum Gasteiger partial charge on any atom is 0.418 e. The van der Waals surface area contributed by atoms with Crippen LogP contribution in [0.5, 0.6) is 57.5 Å². The van der Waals surface area contributed by atoms with E-state index in [2.05, 4.69) is 58.3 Å². The van der Waals surface area contributed by atoms with Crippen LogP contribution in [-0.2, 0) is 52.4 Å². The van der Waals surface area contributed by atoms with E-state index in [1.807, 2.05) is 130 Å². The number of phenols is 10. The number of rotatable bonds is 10. The zero-order valence-electron chi connectivity index (χ0n) is 69.3. The Morgan fingerprint density at radius 3 is 0.760 bits per heavy atom. The quantitative estimate of drug-likeness (QED) is 0.0447. The van der Waals surface area contributed by atoms with Gasteiger partial charge in [0, 0.05) is 61.5 Å². The van der Waals surface area contributed by atoms with Gasteiger partial charge in [-0.05, 0) is 233 Å². The lowest BCUT2D eigenvalue weighted by molar-refractivity contribution is -0.137. The van der Waals surface area contributed by atoms with Crippen molar-refractivity contribution in [3.05, 3.63) is 439 Å². The molecule has 644 valence electrons. The fourth-order valence-electron chi connectivity index (χ4n) is 18.4. The molecule has 2 atom stereocenters. The molecule has 0 unspecified atom stereocenters. The summed E-state index contributed by atoms with van der Waals surface area (Å²) < 4.78 is 40.5. The summed E-state index contributed by atoms with van der Waals surface area (Å²) in [7, 11) is 0. The molecule has 15 aromatic rings. The lowest BCUT2D eigenvalue weighted by Crippen LogP contribution is -2.37. The Hall–Kier alpha value is -15.8. The first-order valence-electron chi connectivity index (χ1n) is 40.6. The van der Waals surface area contributed by atoms with Gasteiger partial charge in [0.1, 0.15) is 79.2 Å². The summed E-state index contributed by atoms with van der Waals surface area (Å²) in [6, 6.07) is 91.4. The predicted molar refractivity (Wildman–Crippen MR) is 495 cm³/mol. The Morgan fingerprint density at radius 2 is 0.473 bits per heavy atom. The number of anilines is 5. The number of alkyl halides is 3. The van der Waals surface area contributed by atoms with Crippen molar-refractivity contribution in [3.63, 3.8) is 0 Å². The van der Waals surface area contributed by atoms with Crippen LogP contribution >= 0.6 is 24.8 Å². The second kappa shape index (κ2) is 33.9. The zero-order valence-corrected chi connectivity index (χ0v) is 71.0. The molecule has 0 radical (unpaired) electrons. The highest BCUT2D eigenvalue weighted by atomic mass is 32.1. The van der Waals surface area contributed by atoms with Gasteiger partial charge in [-0.2, -0.15) is 13.2 Å². The Bertz CT molecular complexity index is 6340.